The summed E-state index contributed by atoms with van der Waals surface area (Å²) in [5, 5.41) is 0. The minimum Gasteiger partial charge on any atom is -0.454 e. The Balaban J connectivity index is 1.83. The summed E-state index contributed by atoms with van der Waals surface area (Å²) >= 11 is 0. The number of hydrogen-bond donors (Lipinski definition) is 1. The third-order valence-electron chi connectivity index (χ3n) is 3.56. The van der Waals surface area contributed by atoms with E-state index in [0.29, 0.717) is 28.4 Å². The number of nitrogens with zero attached hydrogens (tertiary/aromatic N) is 1. The third kappa shape index (κ3) is 1.53. The van der Waals surface area contributed by atoms with E-state index in [1.165, 1.54) is 0 Å². The summed E-state index contributed by atoms with van der Waals surface area (Å²) in [6.07, 6.45) is 0. The summed E-state index contributed by atoms with van der Waals surface area (Å²) in [5.41, 5.74) is 7.11. The van der Waals surface area contributed by atoms with Gasteiger partial charge < -0.3 is 15.2 Å². The van der Waals surface area contributed by atoms with Crippen LogP contribution in [0.5, 0.6) is 11.5 Å². The molecule has 0 bridgehead atoms. The number of anilines is 2. The first-order valence-electron chi connectivity index (χ1n) is 6.34. The molecule has 0 saturated heterocycles. The fraction of sp³-hybridized carbons (Fsp3) is 0.0667. The average molecular weight is 282 g/mol. The van der Waals surface area contributed by atoms with E-state index in [0.717, 1.165) is 4.90 Å². The molecule has 6 heteroatoms. The van der Waals surface area contributed by atoms with Crippen molar-refractivity contribution >= 4 is 23.2 Å². The van der Waals surface area contributed by atoms with Gasteiger partial charge in [-0.05, 0) is 24.3 Å². The Morgan fingerprint density at radius 3 is 2.62 bits per heavy atom. The predicted octanol–water partition coefficient (Wildman–Crippen LogP) is 1.80. The van der Waals surface area contributed by atoms with Gasteiger partial charge in [-0.1, -0.05) is 6.07 Å². The second kappa shape index (κ2) is 3.99. The number of nitrogens with two attached hydrogens (primary N) is 1. The Labute approximate surface area is 119 Å². The van der Waals surface area contributed by atoms with E-state index in [4.69, 9.17) is 15.2 Å². The zero-order valence-electron chi connectivity index (χ0n) is 10.8. The van der Waals surface area contributed by atoms with Crippen LogP contribution in [0, 0.1) is 0 Å². The molecular weight excluding hydrogens is 272 g/mol. The molecule has 0 spiro atoms. The highest BCUT2D eigenvalue weighted by Gasteiger charge is 2.38. The molecule has 0 saturated carbocycles. The molecule has 2 amide bonds. The van der Waals surface area contributed by atoms with E-state index in [1.807, 2.05) is 0 Å². The van der Waals surface area contributed by atoms with Crippen molar-refractivity contribution < 1.29 is 19.1 Å². The van der Waals surface area contributed by atoms with Crippen molar-refractivity contribution in [1.82, 2.24) is 0 Å². The zero-order valence-corrected chi connectivity index (χ0v) is 10.8. The van der Waals surface area contributed by atoms with Crippen LogP contribution in [-0.4, -0.2) is 18.6 Å². The summed E-state index contributed by atoms with van der Waals surface area (Å²) in [7, 11) is 0. The molecule has 104 valence electrons. The molecule has 0 atom stereocenters. The summed E-state index contributed by atoms with van der Waals surface area (Å²) in [5.74, 6) is 0.292. The lowest BCUT2D eigenvalue weighted by atomic mass is 10.1. The number of hydrogen-bond acceptors (Lipinski definition) is 5. The smallest absolute Gasteiger partial charge is 0.268 e. The van der Waals surface area contributed by atoms with Crippen LogP contribution in [0.15, 0.2) is 36.4 Å². The first-order chi connectivity index (χ1) is 10.2. The molecule has 2 heterocycles. The number of imide groups is 1. The number of benzene rings is 2. The maximum absolute atomic E-state index is 12.5. The molecule has 2 aromatic carbocycles. The molecule has 0 unspecified atom stereocenters. The number of fused-ring (bicyclic) bond motifs is 2. The van der Waals surface area contributed by atoms with E-state index >= 15 is 0 Å². The van der Waals surface area contributed by atoms with Gasteiger partial charge in [0.2, 0.25) is 6.79 Å². The average Bonchev–Trinajstić information content (AvgIpc) is 3.03. The largest absolute Gasteiger partial charge is 0.454 e. The lowest BCUT2D eigenvalue weighted by Crippen LogP contribution is -2.29. The zero-order chi connectivity index (χ0) is 14.6. The van der Waals surface area contributed by atoms with Crippen LogP contribution in [-0.2, 0) is 0 Å². The fourth-order valence-corrected chi connectivity index (χ4v) is 2.57. The predicted molar refractivity (Wildman–Crippen MR) is 74.6 cm³/mol. The van der Waals surface area contributed by atoms with E-state index in [2.05, 4.69) is 0 Å². The number of nitrogen functional groups attached to an aromatic ring is 1. The highest BCUT2D eigenvalue weighted by atomic mass is 16.7. The molecule has 4 rings (SSSR count). The van der Waals surface area contributed by atoms with Crippen molar-refractivity contribution in [2.45, 2.75) is 0 Å². The van der Waals surface area contributed by atoms with Crippen molar-refractivity contribution in [2.24, 2.45) is 0 Å². The van der Waals surface area contributed by atoms with Gasteiger partial charge >= 0.3 is 0 Å². The molecule has 0 aliphatic carbocycles. The van der Waals surface area contributed by atoms with Crippen molar-refractivity contribution in [3.63, 3.8) is 0 Å². The molecule has 21 heavy (non-hydrogen) atoms. The van der Waals surface area contributed by atoms with Gasteiger partial charge in [-0.3, -0.25) is 9.59 Å². The second-order valence-corrected chi connectivity index (χ2v) is 4.75. The second-order valence-electron chi connectivity index (χ2n) is 4.75. The number of amides is 2. The van der Waals surface area contributed by atoms with Crippen LogP contribution in [0.4, 0.5) is 11.4 Å². The standard InChI is InChI=1S/C15H10N2O4/c16-10-3-1-2-9-13(10)15(19)17(14(9)18)8-4-5-11-12(6-8)21-7-20-11/h1-6H,7,16H2. The van der Waals surface area contributed by atoms with Crippen molar-refractivity contribution in [2.75, 3.05) is 17.4 Å². The lowest BCUT2D eigenvalue weighted by molar-refractivity contribution is 0.0926. The van der Waals surface area contributed by atoms with Crippen LogP contribution >= 0.6 is 0 Å². The van der Waals surface area contributed by atoms with E-state index in [-0.39, 0.29) is 18.3 Å². The van der Waals surface area contributed by atoms with Crippen LogP contribution in [0.1, 0.15) is 20.7 Å². The normalized spacial score (nSPS) is 15.5. The third-order valence-corrected chi connectivity index (χ3v) is 3.56. The van der Waals surface area contributed by atoms with Gasteiger partial charge in [-0.25, -0.2) is 4.90 Å². The van der Waals surface area contributed by atoms with Crippen LogP contribution in [0.3, 0.4) is 0 Å². The van der Waals surface area contributed by atoms with Crippen LogP contribution < -0.4 is 20.1 Å². The molecule has 0 radical (unpaired) electrons. The molecule has 2 aliphatic rings. The fourth-order valence-electron chi connectivity index (χ4n) is 2.57. The van der Waals surface area contributed by atoms with Gasteiger partial charge in [-0.15, -0.1) is 0 Å². The van der Waals surface area contributed by atoms with E-state index in [9.17, 15) is 9.59 Å². The first kappa shape index (κ1) is 11.8. The molecule has 2 aliphatic heterocycles. The number of rotatable bonds is 1. The maximum atomic E-state index is 12.5. The Hall–Kier alpha value is -3.02. The molecule has 6 nitrogen and oxygen atoms in total. The highest BCUT2D eigenvalue weighted by Crippen LogP contribution is 2.38. The molecule has 2 N–H and O–H groups in total. The maximum Gasteiger partial charge on any atom is 0.268 e. The summed E-state index contributed by atoms with van der Waals surface area (Å²) < 4.78 is 10.5. The molecule has 2 aromatic rings. The number of carbonyl (C=O) groups excluding carboxylic acids is 2. The van der Waals surface area contributed by atoms with E-state index < -0.39 is 5.91 Å². The molecular formula is C15H10N2O4. The highest BCUT2D eigenvalue weighted by molar-refractivity contribution is 6.36. The SMILES string of the molecule is Nc1cccc2c1C(=O)N(c1ccc3c(c1)OCO3)C2=O. The summed E-state index contributed by atoms with van der Waals surface area (Å²) in [6, 6.07) is 9.78. The van der Waals surface area contributed by atoms with Crippen molar-refractivity contribution in [3.8, 4) is 11.5 Å². The molecule has 0 aromatic heterocycles. The summed E-state index contributed by atoms with van der Waals surface area (Å²) in [4.78, 5) is 26.0. The first-order valence-corrected chi connectivity index (χ1v) is 6.34. The van der Waals surface area contributed by atoms with Crippen molar-refractivity contribution in [1.29, 1.82) is 0 Å². The van der Waals surface area contributed by atoms with Crippen LogP contribution in [0.2, 0.25) is 0 Å². The Bertz CT molecular complexity index is 800. The van der Waals surface area contributed by atoms with Gasteiger partial charge in [-0.2, -0.15) is 0 Å². The summed E-state index contributed by atoms with van der Waals surface area (Å²) in [6.45, 7) is 0.133. The van der Waals surface area contributed by atoms with Crippen LogP contribution in [0.25, 0.3) is 0 Å². The molecule has 0 fully saturated rings. The Kier molecular flexibility index (Phi) is 2.24. The topological polar surface area (TPSA) is 81.9 Å². The monoisotopic (exact) mass is 282 g/mol. The van der Waals surface area contributed by atoms with E-state index in [1.54, 1.807) is 36.4 Å². The van der Waals surface area contributed by atoms with Gasteiger partial charge in [0.05, 0.1) is 16.8 Å². The van der Waals surface area contributed by atoms with Gasteiger partial charge in [0, 0.05) is 11.8 Å². The minimum absolute atomic E-state index is 0.133. The van der Waals surface area contributed by atoms with Crippen molar-refractivity contribution in [3.05, 3.63) is 47.5 Å². The number of carbonyl (C=O) groups is 2. The Morgan fingerprint density at radius 2 is 1.81 bits per heavy atom. The lowest BCUT2D eigenvalue weighted by Gasteiger charge is -2.14. The Morgan fingerprint density at radius 1 is 1.00 bits per heavy atom. The van der Waals surface area contributed by atoms with Gasteiger partial charge in [0.25, 0.3) is 11.8 Å². The number of ether oxygens (including phenoxy) is 2. The van der Waals surface area contributed by atoms with Gasteiger partial charge in [0.1, 0.15) is 0 Å². The quantitative estimate of drug-likeness (QED) is 0.637. The minimum atomic E-state index is -0.424. The van der Waals surface area contributed by atoms with Gasteiger partial charge in [0.15, 0.2) is 11.5 Å².